The van der Waals surface area contributed by atoms with E-state index >= 15 is 0 Å². The maximum absolute atomic E-state index is 13.4. The standard InChI is InChI=1S/C29H45N5O4/c1-8-15-30-27(36)34-17-16-32(18-20(34)4)19-23-24(26(35)38-10-3)25(31-28(37)33(23)9-2)21-11-13-22(14-12-21)29(5,6)7/h11-14,20,25H,8-10,15-19H2,1-7H3,(H,30,36)(H,31,37)/t20-,25+/m0/s1. The first-order valence-electron chi connectivity index (χ1n) is 13.9. The minimum absolute atomic E-state index is 0.000447. The van der Waals surface area contributed by atoms with Crippen molar-refractivity contribution in [2.75, 3.05) is 45.9 Å². The lowest BCUT2D eigenvalue weighted by atomic mass is 9.85. The molecule has 0 aromatic heterocycles. The summed E-state index contributed by atoms with van der Waals surface area (Å²) in [5.74, 6) is -0.420. The summed E-state index contributed by atoms with van der Waals surface area (Å²) in [6, 6.07) is 7.20. The van der Waals surface area contributed by atoms with Gasteiger partial charge in [0.1, 0.15) is 0 Å². The van der Waals surface area contributed by atoms with Crippen LogP contribution >= 0.6 is 0 Å². The second-order valence-corrected chi connectivity index (χ2v) is 11.1. The lowest BCUT2D eigenvalue weighted by Gasteiger charge is -2.42. The van der Waals surface area contributed by atoms with E-state index in [4.69, 9.17) is 4.74 Å². The van der Waals surface area contributed by atoms with Gasteiger partial charge in [0.15, 0.2) is 0 Å². The molecule has 210 valence electrons. The van der Waals surface area contributed by atoms with E-state index in [0.717, 1.165) is 12.0 Å². The molecule has 1 aromatic rings. The van der Waals surface area contributed by atoms with E-state index in [1.165, 1.54) is 5.56 Å². The Morgan fingerprint density at radius 3 is 2.34 bits per heavy atom. The summed E-state index contributed by atoms with van der Waals surface area (Å²) in [5.41, 5.74) is 3.14. The van der Waals surface area contributed by atoms with E-state index in [2.05, 4.69) is 48.4 Å². The Kier molecular flexibility index (Phi) is 9.82. The zero-order chi connectivity index (χ0) is 28.0. The van der Waals surface area contributed by atoms with Gasteiger partial charge in [-0.1, -0.05) is 52.0 Å². The minimum Gasteiger partial charge on any atom is -0.463 e. The number of urea groups is 2. The van der Waals surface area contributed by atoms with Crippen LogP contribution in [-0.4, -0.2) is 84.6 Å². The number of amides is 4. The summed E-state index contributed by atoms with van der Waals surface area (Å²) in [7, 11) is 0. The van der Waals surface area contributed by atoms with Crippen molar-refractivity contribution in [2.45, 2.75) is 72.4 Å². The van der Waals surface area contributed by atoms with Gasteiger partial charge in [-0.3, -0.25) is 9.80 Å². The van der Waals surface area contributed by atoms with Gasteiger partial charge < -0.3 is 20.3 Å². The molecule has 38 heavy (non-hydrogen) atoms. The molecule has 1 aromatic carbocycles. The molecule has 0 radical (unpaired) electrons. The van der Waals surface area contributed by atoms with Crippen molar-refractivity contribution in [3.63, 3.8) is 0 Å². The molecular formula is C29H45N5O4. The van der Waals surface area contributed by atoms with Crippen molar-refractivity contribution in [3.8, 4) is 0 Å². The predicted octanol–water partition coefficient (Wildman–Crippen LogP) is 4.01. The van der Waals surface area contributed by atoms with Crippen molar-refractivity contribution in [2.24, 2.45) is 0 Å². The Bertz CT molecular complexity index is 1030. The number of rotatable bonds is 8. The molecular weight excluding hydrogens is 482 g/mol. The highest BCUT2D eigenvalue weighted by Gasteiger charge is 2.39. The molecule has 2 aliphatic heterocycles. The van der Waals surface area contributed by atoms with Crippen LogP contribution in [-0.2, 0) is 14.9 Å². The average molecular weight is 528 g/mol. The third kappa shape index (κ3) is 6.67. The zero-order valence-corrected chi connectivity index (χ0v) is 24.1. The van der Waals surface area contributed by atoms with Crippen molar-refractivity contribution < 1.29 is 19.1 Å². The number of nitrogens with zero attached hydrogens (tertiary/aromatic N) is 3. The Balaban J connectivity index is 1.95. The van der Waals surface area contributed by atoms with E-state index < -0.39 is 12.0 Å². The number of hydrogen-bond donors (Lipinski definition) is 2. The van der Waals surface area contributed by atoms with Crippen molar-refractivity contribution in [3.05, 3.63) is 46.7 Å². The van der Waals surface area contributed by atoms with Crippen molar-refractivity contribution in [1.29, 1.82) is 0 Å². The van der Waals surface area contributed by atoms with Crippen molar-refractivity contribution in [1.82, 2.24) is 25.3 Å². The van der Waals surface area contributed by atoms with E-state index in [1.807, 2.05) is 37.8 Å². The predicted molar refractivity (Wildman–Crippen MR) is 149 cm³/mol. The first-order valence-corrected chi connectivity index (χ1v) is 13.9. The van der Waals surface area contributed by atoms with Gasteiger partial charge in [0.25, 0.3) is 0 Å². The molecule has 2 heterocycles. The Morgan fingerprint density at radius 1 is 1.11 bits per heavy atom. The van der Waals surface area contributed by atoms with Crippen LogP contribution in [0.5, 0.6) is 0 Å². The van der Waals surface area contributed by atoms with Crippen LogP contribution in [0.25, 0.3) is 0 Å². The number of likely N-dealkylation sites (N-methyl/N-ethyl adjacent to an activating group) is 1. The summed E-state index contributed by atoms with van der Waals surface area (Å²) in [6.45, 7) is 17.8. The number of hydrogen-bond acceptors (Lipinski definition) is 5. The number of nitrogens with one attached hydrogen (secondary N) is 2. The van der Waals surface area contributed by atoms with Crippen LogP contribution in [0.15, 0.2) is 35.5 Å². The topological polar surface area (TPSA) is 94.2 Å². The summed E-state index contributed by atoms with van der Waals surface area (Å²) in [5, 5.41) is 6.01. The third-order valence-electron chi connectivity index (χ3n) is 7.23. The van der Waals surface area contributed by atoms with Crippen LogP contribution in [0.3, 0.4) is 0 Å². The number of piperazine rings is 1. The molecule has 1 fully saturated rings. The van der Waals surface area contributed by atoms with Crippen LogP contribution in [0.4, 0.5) is 9.59 Å². The molecule has 0 unspecified atom stereocenters. The highest BCUT2D eigenvalue weighted by Crippen LogP contribution is 2.33. The molecule has 9 nitrogen and oxygen atoms in total. The summed E-state index contributed by atoms with van der Waals surface area (Å²) < 4.78 is 5.51. The number of carbonyl (C=O) groups excluding carboxylic acids is 3. The molecule has 9 heteroatoms. The van der Waals surface area contributed by atoms with Gasteiger partial charge in [0.2, 0.25) is 0 Å². The van der Waals surface area contributed by atoms with Gasteiger partial charge in [0.05, 0.1) is 18.2 Å². The van der Waals surface area contributed by atoms with Gasteiger partial charge in [-0.15, -0.1) is 0 Å². The second-order valence-electron chi connectivity index (χ2n) is 11.1. The summed E-state index contributed by atoms with van der Waals surface area (Å²) in [6.07, 6.45) is 0.889. The van der Waals surface area contributed by atoms with E-state index in [9.17, 15) is 14.4 Å². The molecule has 2 atom stereocenters. The highest BCUT2D eigenvalue weighted by atomic mass is 16.5. The first-order chi connectivity index (χ1) is 18.0. The van der Waals surface area contributed by atoms with Crippen LogP contribution in [0, 0.1) is 0 Å². The molecule has 0 aliphatic carbocycles. The first kappa shape index (κ1) is 29.5. The van der Waals surface area contributed by atoms with Crippen LogP contribution in [0.1, 0.15) is 72.1 Å². The number of esters is 1. The van der Waals surface area contributed by atoms with Gasteiger partial charge in [-0.2, -0.15) is 0 Å². The molecule has 3 rings (SSSR count). The molecule has 0 bridgehead atoms. The zero-order valence-electron chi connectivity index (χ0n) is 24.1. The molecule has 0 spiro atoms. The number of ether oxygens (including phenoxy) is 1. The van der Waals surface area contributed by atoms with Crippen LogP contribution in [0.2, 0.25) is 0 Å². The number of carbonyl (C=O) groups is 3. The normalized spacial score (nSPS) is 20.9. The maximum atomic E-state index is 13.4. The van der Waals surface area contributed by atoms with Crippen molar-refractivity contribution >= 4 is 18.0 Å². The molecule has 1 saturated heterocycles. The molecule has 4 amide bonds. The lowest BCUT2D eigenvalue weighted by molar-refractivity contribution is -0.139. The van der Waals surface area contributed by atoms with E-state index in [0.29, 0.717) is 50.5 Å². The SMILES string of the molecule is CCCNC(=O)N1CCN(CC2=C(C(=O)OCC)[C@@H](c3ccc(C(C)(C)C)cc3)NC(=O)N2CC)C[C@@H]1C. The Labute approximate surface area is 227 Å². The number of benzene rings is 1. The fourth-order valence-corrected chi connectivity index (χ4v) is 5.11. The maximum Gasteiger partial charge on any atom is 0.338 e. The monoisotopic (exact) mass is 527 g/mol. The third-order valence-corrected chi connectivity index (χ3v) is 7.23. The fraction of sp³-hybridized carbons (Fsp3) is 0.621. The fourth-order valence-electron chi connectivity index (χ4n) is 5.11. The van der Waals surface area contributed by atoms with Gasteiger partial charge >= 0.3 is 18.0 Å². The van der Waals surface area contributed by atoms with Gasteiger partial charge in [0, 0.05) is 51.0 Å². The minimum atomic E-state index is -0.605. The lowest BCUT2D eigenvalue weighted by Crippen LogP contribution is -2.58. The van der Waals surface area contributed by atoms with E-state index in [1.54, 1.807) is 11.8 Å². The molecule has 2 aliphatic rings. The largest absolute Gasteiger partial charge is 0.463 e. The second kappa shape index (κ2) is 12.7. The summed E-state index contributed by atoms with van der Waals surface area (Å²) >= 11 is 0. The van der Waals surface area contributed by atoms with Crippen LogP contribution < -0.4 is 10.6 Å². The quantitative estimate of drug-likeness (QED) is 0.498. The summed E-state index contributed by atoms with van der Waals surface area (Å²) in [4.78, 5) is 44.9. The Morgan fingerprint density at radius 2 is 1.79 bits per heavy atom. The smallest absolute Gasteiger partial charge is 0.338 e. The highest BCUT2D eigenvalue weighted by molar-refractivity contribution is 5.95. The molecule has 2 N–H and O–H groups in total. The average Bonchev–Trinajstić information content (AvgIpc) is 2.87. The van der Waals surface area contributed by atoms with Gasteiger partial charge in [-0.25, -0.2) is 14.4 Å². The Hall–Kier alpha value is -3.07. The van der Waals surface area contributed by atoms with Gasteiger partial charge in [-0.05, 0) is 43.7 Å². The van der Waals surface area contributed by atoms with E-state index in [-0.39, 0.29) is 30.1 Å². The molecule has 0 saturated carbocycles.